The lowest BCUT2D eigenvalue weighted by Gasteiger charge is -2.25. The Labute approximate surface area is 233 Å². The number of amides is 3. The van der Waals surface area contributed by atoms with Crippen LogP contribution >= 0.6 is 0 Å². The Morgan fingerprint density at radius 1 is 0.850 bits per heavy atom. The molecule has 0 aliphatic heterocycles. The van der Waals surface area contributed by atoms with E-state index in [1.807, 2.05) is 0 Å². The molecular weight excluding hydrogens is 520 g/mol. The third kappa shape index (κ3) is 7.45. The van der Waals surface area contributed by atoms with Gasteiger partial charge in [-0.05, 0) is 64.1 Å². The number of nitro benzene ring substituents is 1. The number of hydrogen-bond donors (Lipinski definition) is 2. The van der Waals surface area contributed by atoms with E-state index in [0.717, 1.165) is 6.07 Å². The van der Waals surface area contributed by atoms with Crippen molar-refractivity contribution in [3.8, 4) is 11.5 Å². The van der Waals surface area contributed by atoms with Crippen molar-refractivity contribution in [3.05, 3.63) is 39.4 Å². The van der Waals surface area contributed by atoms with E-state index in [1.54, 1.807) is 37.6 Å². The standard InChI is InChI=1S/C28H38N4O8/c1-6-30(7-2)27(37)22-17-20-19(16-23(34)26(36)25(20)32(39)40)15-21(22)28(38)31(8-3)14-10-9-13-29(5)24(35)12-11-18(4)33/h15-17,34,36H,6-14H2,1-5H3. The fraction of sp³-hybridized carbons (Fsp3) is 0.500. The lowest BCUT2D eigenvalue weighted by atomic mass is 9.97. The summed E-state index contributed by atoms with van der Waals surface area (Å²) in [5.41, 5.74) is -0.761. The first-order chi connectivity index (χ1) is 18.9. The highest BCUT2D eigenvalue weighted by Gasteiger charge is 2.29. The number of carbonyl (C=O) groups excluding carboxylic acids is 4. The molecule has 40 heavy (non-hydrogen) atoms. The number of ketones is 1. The van der Waals surface area contributed by atoms with Gasteiger partial charge in [0.05, 0.1) is 21.4 Å². The van der Waals surface area contributed by atoms with E-state index in [9.17, 15) is 39.5 Å². The molecule has 12 heteroatoms. The third-order valence-electron chi connectivity index (χ3n) is 6.86. The van der Waals surface area contributed by atoms with Crippen molar-refractivity contribution in [1.29, 1.82) is 0 Å². The largest absolute Gasteiger partial charge is 0.504 e. The summed E-state index contributed by atoms with van der Waals surface area (Å²) in [6.45, 7) is 8.58. The Bertz CT molecular complexity index is 1290. The lowest BCUT2D eigenvalue weighted by Crippen LogP contribution is -2.36. The second-order valence-corrected chi connectivity index (χ2v) is 9.56. The summed E-state index contributed by atoms with van der Waals surface area (Å²) >= 11 is 0. The highest BCUT2D eigenvalue weighted by Crippen LogP contribution is 2.42. The van der Waals surface area contributed by atoms with Gasteiger partial charge in [0.2, 0.25) is 11.7 Å². The van der Waals surface area contributed by atoms with Gasteiger partial charge in [0, 0.05) is 52.6 Å². The minimum Gasteiger partial charge on any atom is -0.504 e. The molecule has 0 aromatic heterocycles. The van der Waals surface area contributed by atoms with Gasteiger partial charge >= 0.3 is 5.69 Å². The van der Waals surface area contributed by atoms with Crippen LogP contribution in [-0.4, -0.2) is 93.1 Å². The van der Waals surface area contributed by atoms with Crippen LogP contribution in [0.3, 0.4) is 0 Å². The zero-order chi connectivity index (χ0) is 30.1. The number of nitro groups is 1. The molecule has 218 valence electrons. The Balaban J connectivity index is 2.39. The molecular formula is C28H38N4O8. The molecule has 0 heterocycles. The van der Waals surface area contributed by atoms with Crippen molar-refractivity contribution in [2.75, 3.05) is 39.8 Å². The zero-order valence-electron chi connectivity index (χ0n) is 23.7. The maximum atomic E-state index is 13.7. The number of rotatable bonds is 14. The average Bonchev–Trinajstić information content (AvgIpc) is 2.91. The second-order valence-electron chi connectivity index (χ2n) is 9.56. The van der Waals surface area contributed by atoms with Gasteiger partial charge in [-0.15, -0.1) is 0 Å². The number of carbonyl (C=O) groups is 4. The van der Waals surface area contributed by atoms with Crippen molar-refractivity contribution in [2.24, 2.45) is 0 Å². The predicted octanol–water partition coefficient (Wildman–Crippen LogP) is 3.71. The number of Topliss-reactive ketones (excluding diaryl/α,β-unsaturated/α-hetero) is 1. The van der Waals surface area contributed by atoms with Crippen LogP contribution in [0.5, 0.6) is 11.5 Å². The first kappa shape index (κ1) is 32.0. The number of phenolic OH excluding ortho intramolecular Hbond substituents is 2. The zero-order valence-corrected chi connectivity index (χ0v) is 23.7. The molecule has 3 amide bonds. The number of hydrogen-bond acceptors (Lipinski definition) is 8. The Morgan fingerprint density at radius 2 is 1.40 bits per heavy atom. The van der Waals surface area contributed by atoms with Crippen molar-refractivity contribution in [2.45, 2.75) is 53.4 Å². The maximum absolute atomic E-state index is 13.7. The fourth-order valence-corrected chi connectivity index (χ4v) is 4.45. The Morgan fingerprint density at radius 3 is 1.95 bits per heavy atom. The summed E-state index contributed by atoms with van der Waals surface area (Å²) in [6.07, 6.45) is 1.52. The normalized spacial score (nSPS) is 10.8. The first-order valence-electron chi connectivity index (χ1n) is 13.4. The van der Waals surface area contributed by atoms with Crippen molar-refractivity contribution >= 4 is 40.0 Å². The molecule has 0 spiro atoms. The monoisotopic (exact) mass is 558 g/mol. The van der Waals surface area contributed by atoms with Gasteiger partial charge in [0.25, 0.3) is 11.8 Å². The predicted molar refractivity (Wildman–Crippen MR) is 150 cm³/mol. The molecule has 0 fully saturated rings. The van der Waals surface area contributed by atoms with E-state index in [-0.39, 0.29) is 46.4 Å². The fourth-order valence-electron chi connectivity index (χ4n) is 4.45. The van der Waals surface area contributed by atoms with Crippen LogP contribution in [0, 0.1) is 10.1 Å². The minimum absolute atomic E-state index is 0.0298. The highest BCUT2D eigenvalue weighted by atomic mass is 16.6. The van der Waals surface area contributed by atoms with Gasteiger partial charge in [-0.1, -0.05) is 0 Å². The van der Waals surface area contributed by atoms with Crippen LogP contribution in [0.25, 0.3) is 10.8 Å². The van der Waals surface area contributed by atoms with Gasteiger partial charge in [-0.25, -0.2) is 0 Å². The molecule has 0 radical (unpaired) electrons. The molecule has 0 saturated carbocycles. The maximum Gasteiger partial charge on any atom is 0.322 e. The molecule has 2 N–H and O–H groups in total. The van der Waals surface area contributed by atoms with E-state index >= 15 is 0 Å². The smallest absolute Gasteiger partial charge is 0.322 e. The number of nitrogens with zero attached hydrogens (tertiary/aromatic N) is 4. The van der Waals surface area contributed by atoms with E-state index in [2.05, 4.69) is 0 Å². The summed E-state index contributed by atoms with van der Waals surface area (Å²) in [6, 6.07) is 3.69. The average molecular weight is 559 g/mol. The summed E-state index contributed by atoms with van der Waals surface area (Å²) in [5, 5.41) is 32.0. The molecule has 2 rings (SSSR count). The van der Waals surface area contributed by atoms with E-state index in [0.29, 0.717) is 45.6 Å². The number of phenols is 2. The van der Waals surface area contributed by atoms with Crippen molar-refractivity contribution < 1.29 is 34.3 Å². The van der Waals surface area contributed by atoms with Gasteiger partial charge in [0.1, 0.15) is 5.78 Å². The number of unbranched alkanes of at least 4 members (excludes halogenated alkanes) is 1. The van der Waals surface area contributed by atoms with E-state index < -0.39 is 33.9 Å². The molecule has 2 aromatic rings. The van der Waals surface area contributed by atoms with Gasteiger partial charge in [-0.2, -0.15) is 0 Å². The van der Waals surface area contributed by atoms with Gasteiger partial charge < -0.3 is 29.7 Å². The second kappa shape index (κ2) is 14.2. The first-order valence-corrected chi connectivity index (χ1v) is 13.4. The highest BCUT2D eigenvalue weighted by molar-refractivity contribution is 6.12. The molecule has 0 aliphatic rings. The van der Waals surface area contributed by atoms with Gasteiger partial charge in [0.15, 0.2) is 5.75 Å². The molecule has 0 unspecified atom stereocenters. The summed E-state index contributed by atoms with van der Waals surface area (Å²) in [7, 11) is 1.66. The SMILES string of the molecule is CCN(CC)C(=O)c1cc2c([N+](=O)[O-])c(O)c(O)cc2cc1C(=O)N(CC)CCCCN(C)C(=O)CCC(C)=O. The summed E-state index contributed by atoms with van der Waals surface area (Å²) in [4.78, 5) is 65.9. The molecule has 0 bridgehead atoms. The van der Waals surface area contributed by atoms with E-state index in [4.69, 9.17) is 0 Å². The topological polar surface area (TPSA) is 162 Å². The summed E-state index contributed by atoms with van der Waals surface area (Å²) < 4.78 is 0. The Kier molecular flexibility index (Phi) is 11.4. The number of fused-ring (bicyclic) bond motifs is 1. The van der Waals surface area contributed by atoms with Crippen LogP contribution in [-0.2, 0) is 9.59 Å². The number of benzene rings is 2. The summed E-state index contributed by atoms with van der Waals surface area (Å²) in [5.74, 6) is -2.75. The van der Waals surface area contributed by atoms with Crippen molar-refractivity contribution in [1.82, 2.24) is 14.7 Å². The van der Waals surface area contributed by atoms with Crippen LogP contribution < -0.4 is 0 Å². The van der Waals surface area contributed by atoms with Crippen LogP contribution in [0.2, 0.25) is 0 Å². The van der Waals surface area contributed by atoms with Gasteiger partial charge in [-0.3, -0.25) is 24.5 Å². The van der Waals surface area contributed by atoms with Crippen LogP contribution in [0.4, 0.5) is 5.69 Å². The molecule has 12 nitrogen and oxygen atoms in total. The molecule has 0 atom stereocenters. The van der Waals surface area contributed by atoms with E-state index in [1.165, 1.54) is 24.0 Å². The molecule has 0 saturated heterocycles. The van der Waals surface area contributed by atoms with Crippen LogP contribution in [0.15, 0.2) is 18.2 Å². The van der Waals surface area contributed by atoms with Crippen LogP contribution in [0.1, 0.15) is 74.1 Å². The van der Waals surface area contributed by atoms with Crippen molar-refractivity contribution in [3.63, 3.8) is 0 Å². The molecule has 0 aliphatic carbocycles. The quantitative estimate of drug-likeness (QED) is 0.153. The third-order valence-corrected chi connectivity index (χ3v) is 6.86. The lowest BCUT2D eigenvalue weighted by molar-refractivity contribution is -0.384. The minimum atomic E-state index is -0.919. The number of aromatic hydroxyl groups is 2. The Hall–Kier alpha value is -4.22. The molecule has 2 aromatic carbocycles.